The molecule has 1 atom stereocenters. The van der Waals surface area contributed by atoms with Gasteiger partial charge in [-0.05, 0) is 47.9 Å². The van der Waals surface area contributed by atoms with Crippen LogP contribution in [0.25, 0.3) is 0 Å². The number of alkyl halides is 1. The van der Waals surface area contributed by atoms with E-state index in [9.17, 15) is 14.4 Å². The standard InChI is InChI=1S/C26H31ClN2O4S/c1-18(2)15-20-9-11-23(12-10-20)19(3)24(30)33-17-22-7-5-21(6-8-22)16-28-25(31)29(14-4-13-27)34-26(28)32/h5-12,18-19H,4,13-17H2,1-3H3. The number of esters is 1. The van der Waals surface area contributed by atoms with Crippen LogP contribution in [0, 0.1) is 5.92 Å². The Morgan fingerprint density at radius 2 is 1.59 bits per heavy atom. The summed E-state index contributed by atoms with van der Waals surface area (Å²) >= 11 is 6.60. The van der Waals surface area contributed by atoms with Crippen LogP contribution in [0.1, 0.15) is 55.4 Å². The van der Waals surface area contributed by atoms with Gasteiger partial charge in [0.2, 0.25) is 0 Å². The van der Waals surface area contributed by atoms with Gasteiger partial charge >= 0.3 is 16.5 Å². The molecule has 3 rings (SSSR count). The highest BCUT2D eigenvalue weighted by Gasteiger charge is 2.17. The van der Waals surface area contributed by atoms with Gasteiger partial charge in [0.1, 0.15) is 6.61 Å². The van der Waals surface area contributed by atoms with Gasteiger partial charge in [0, 0.05) is 24.0 Å². The molecule has 1 aromatic heterocycles. The van der Waals surface area contributed by atoms with Gasteiger partial charge in [0.15, 0.2) is 0 Å². The smallest absolute Gasteiger partial charge is 0.341 e. The Morgan fingerprint density at radius 1 is 0.971 bits per heavy atom. The number of benzene rings is 2. The molecule has 0 N–H and O–H groups in total. The number of carbonyl (C=O) groups is 1. The van der Waals surface area contributed by atoms with Gasteiger partial charge in [-0.1, -0.05) is 62.4 Å². The van der Waals surface area contributed by atoms with Crippen LogP contribution in [-0.4, -0.2) is 20.4 Å². The lowest BCUT2D eigenvalue weighted by atomic mass is 9.97. The van der Waals surface area contributed by atoms with Gasteiger partial charge < -0.3 is 4.74 Å². The van der Waals surface area contributed by atoms with Gasteiger partial charge in [-0.15, -0.1) is 11.6 Å². The molecular weight excluding hydrogens is 472 g/mol. The fourth-order valence-corrected chi connectivity index (χ4v) is 4.57. The predicted octanol–water partition coefficient (Wildman–Crippen LogP) is 4.79. The van der Waals surface area contributed by atoms with Crippen LogP contribution in [-0.2, 0) is 35.6 Å². The summed E-state index contributed by atoms with van der Waals surface area (Å²) in [7, 11) is 0. The van der Waals surface area contributed by atoms with Gasteiger partial charge in [0.05, 0.1) is 12.5 Å². The van der Waals surface area contributed by atoms with Crippen LogP contribution in [0.3, 0.4) is 0 Å². The molecule has 0 amide bonds. The molecule has 0 aliphatic rings. The first-order valence-electron chi connectivity index (χ1n) is 11.5. The van der Waals surface area contributed by atoms with E-state index in [0.717, 1.165) is 34.6 Å². The Bertz CT molecular complexity index is 1190. The van der Waals surface area contributed by atoms with Crippen molar-refractivity contribution >= 4 is 29.1 Å². The van der Waals surface area contributed by atoms with E-state index in [2.05, 4.69) is 26.0 Å². The number of ether oxygens (including phenoxy) is 1. The quantitative estimate of drug-likeness (QED) is 0.279. The molecule has 0 spiro atoms. The predicted molar refractivity (Wildman–Crippen MR) is 137 cm³/mol. The van der Waals surface area contributed by atoms with Crippen molar-refractivity contribution in [1.29, 1.82) is 0 Å². The molecule has 0 saturated heterocycles. The van der Waals surface area contributed by atoms with Crippen molar-refractivity contribution in [3.8, 4) is 0 Å². The number of hydrogen-bond donors (Lipinski definition) is 0. The Morgan fingerprint density at radius 3 is 2.21 bits per heavy atom. The molecule has 34 heavy (non-hydrogen) atoms. The van der Waals surface area contributed by atoms with Crippen molar-refractivity contribution < 1.29 is 9.53 Å². The summed E-state index contributed by atoms with van der Waals surface area (Å²) in [4.78, 5) is 36.9. The summed E-state index contributed by atoms with van der Waals surface area (Å²) in [6, 6.07) is 15.5. The van der Waals surface area contributed by atoms with Gasteiger partial charge in [-0.3, -0.25) is 9.59 Å². The zero-order valence-corrected chi connectivity index (χ0v) is 21.4. The summed E-state index contributed by atoms with van der Waals surface area (Å²) in [5.41, 5.74) is 3.55. The first kappa shape index (κ1) is 26.0. The van der Waals surface area contributed by atoms with Crippen LogP contribution < -0.4 is 10.6 Å². The maximum atomic E-state index is 12.5. The molecule has 2 aromatic carbocycles. The van der Waals surface area contributed by atoms with E-state index in [0.29, 0.717) is 24.8 Å². The summed E-state index contributed by atoms with van der Waals surface area (Å²) in [5, 5.41) is 0. The molecule has 0 aliphatic heterocycles. The van der Waals surface area contributed by atoms with Gasteiger partial charge in [0.25, 0.3) is 0 Å². The van der Waals surface area contributed by atoms with Crippen molar-refractivity contribution in [2.24, 2.45) is 5.92 Å². The summed E-state index contributed by atoms with van der Waals surface area (Å²) in [6.07, 6.45) is 1.65. The lowest BCUT2D eigenvalue weighted by Gasteiger charge is -2.13. The van der Waals surface area contributed by atoms with Crippen LogP contribution in [0.4, 0.5) is 0 Å². The molecule has 0 saturated carbocycles. The molecular formula is C26H31ClN2O4S. The van der Waals surface area contributed by atoms with Crippen molar-refractivity contribution in [1.82, 2.24) is 8.52 Å². The van der Waals surface area contributed by atoms with Crippen LogP contribution in [0.5, 0.6) is 0 Å². The molecule has 0 bridgehead atoms. The number of rotatable bonds is 11. The number of carbonyl (C=O) groups excluding carboxylic acids is 1. The Kier molecular flexibility index (Phi) is 9.30. The monoisotopic (exact) mass is 502 g/mol. The topological polar surface area (TPSA) is 70.3 Å². The zero-order valence-electron chi connectivity index (χ0n) is 19.8. The van der Waals surface area contributed by atoms with E-state index < -0.39 is 0 Å². The molecule has 8 heteroatoms. The lowest BCUT2D eigenvalue weighted by molar-refractivity contribution is -0.146. The normalized spacial score (nSPS) is 12.1. The van der Waals surface area contributed by atoms with E-state index in [1.165, 1.54) is 14.1 Å². The average Bonchev–Trinajstić information content (AvgIpc) is 3.09. The number of hydrogen-bond acceptors (Lipinski definition) is 5. The highest BCUT2D eigenvalue weighted by atomic mass is 35.5. The third-order valence-electron chi connectivity index (χ3n) is 5.57. The first-order chi connectivity index (χ1) is 16.3. The highest BCUT2D eigenvalue weighted by Crippen LogP contribution is 2.20. The number of halogens is 1. The molecule has 3 aromatic rings. The zero-order chi connectivity index (χ0) is 24.7. The summed E-state index contributed by atoms with van der Waals surface area (Å²) < 4.78 is 8.19. The fourth-order valence-electron chi connectivity index (χ4n) is 3.62. The molecule has 0 aliphatic carbocycles. The number of aromatic nitrogens is 2. The van der Waals surface area contributed by atoms with Crippen LogP contribution in [0.2, 0.25) is 0 Å². The lowest BCUT2D eigenvalue weighted by Crippen LogP contribution is -2.29. The molecule has 1 heterocycles. The maximum Gasteiger partial charge on any atom is 0.341 e. The summed E-state index contributed by atoms with van der Waals surface area (Å²) in [5.74, 6) is 0.404. The van der Waals surface area contributed by atoms with E-state index >= 15 is 0 Å². The number of aryl methyl sites for hydroxylation is 1. The van der Waals surface area contributed by atoms with Crippen LogP contribution in [0.15, 0.2) is 58.1 Å². The maximum absolute atomic E-state index is 12.5. The minimum Gasteiger partial charge on any atom is -0.460 e. The van der Waals surface area contributed by atoms with E-state index in [-0.39, 0.29) is 35.6 Å². The van der Waals surface area contributed by atoms with Crippen molar-refractivity contribution in [3.63, 3.8) is 0 Å². The van der Waals surface area contributed by atoms with Gasteiger partial charge in [-0.25, -0.2) is 13.3 Å². The SMILES string of the molecule is CC(C)Cc1ccc(C(C)C(=O)OCc2ccc(Cn3c(=O)sn(CCCCl)c3=O)cc2)cc1. The fraction of sp³-hybridized carbons (Fsp3) is 0.423. The Balaban J connectivity index is 1.56. The summed E-state index contributed by atoms with van der Waals surface area (Å²) in [6.45, 7) is 7.03. The Hall–Kier alpha value is -2.64. The third-order valence-corrected chi connectivity index (χ3v) is 6.77. The molecule has 182 valence electrons. The molecule has 1 unspecified atom stereocenters. The van der Waals surface area contributed by atoms with Crippen LogP contribution >= 0.6 is 23.1 Å². The minimum absolute atomic E-state index is 0.165. The average molecular weight is 503 g/mol. The third kappa shape index (κ3) is 6.93. The minimum atomic E-state index is -0.348. The second kappa shape index (κ2) is 12.2. The Labute approximate surface area is 208 Å². The molecule has 0 fully saturated rings. The molecule has 6 nitrogen and oxygen atoms in total. The second-order valence-electron chi connectivity index (χ2n) is 8.86. The van der Waals surface area contributed by atoms with E-state index in [4.69, 9.17) is 16.3 Å². The second-order valence-corrected chi connectivity index (χ2v) is 10.2. The molecule has 0 radical (unpaired) electrons. The van der Waals surface area contributed by atoms with Gasteiger partial charge in [-0.2, -0.15) is 0 Å². The van der Waals surface area contributed by atoms with E-state index in [1.807, 2.05) is 43.3 Å². The van der Waals surface area contributed by atoms with Crippen molar-refractivity contribution in [3.05, 3.63) is 90.9 Å². The number of nitrogens with zero attached hydrogens (tertiary/aromatic N) is 2. The first-order valence-corrected chi connectivity index (χ1v) is 12.8. The largest absolute Gasteiger partial charge is 0.460 e. The van der Waals surface area contributed by atoms with Crippen molar-refractivity contribution in [2.45, 2.75) is 59.2 Å². The highest BCUT2D eigenvalue weighted by molar-refractivity contribution is 7.03. The van der Waals surface area contributed by atoms with E-state index in [1.54, 1.807) is 0 Å². The van der Waals surface area contributed by atoms with Crippen molar-refractivity contribution in [2.75, 3.05) is 5.88 Å².